The van der Waals surface area contributed by atoms with Gasteiger partial charge < -0.3 is 14.8 Å². The van der Waals surface area contributed by atoms with Gasteiger partial charge in [-0.15, -0.1) is 0 Å². The number of nitriles is 1. The van der Waals surface area contributed by atoms with Crippen LogP contribution in [0.2, 0.25) is 0 Å². The molecule has 1 saturated carbocycles. The van der Waals surface area contributed by atoms with Crippen molar-refractivity contribution in [2.24, 2.45) is 5.41 Å². The van der Waals surface area contributed by atoms with E-state index in [1.54, 1.807) is 0 Å². The smallest absolute Gasteiger partial charge is 0.231 e. The van der Waals surface area contributed by atoms with Crippen molar-refractivity contribution in [1.82, 2.24) is 0 Å². The van der Waals surface area contributed by atoms with Gasteiger partial charge in [0.1, 0.15) is 0 Å². The van der Waals surface area contributed by atoms with Crippen LogP contribution in [0.15, 0.2) is 18.2 Å². The molecule has 1 fully saturated rings. The molecule has 0 saturated heterocycles. The van der Waals surface area contributed by atoms with Crippen molar-refractivity contribution < 1.29 is 9.47 Å². The summed E-state index contributed by atoms with van der Waals surface area (Å²) in [6, 6.07) is 8.10. The monoisotopic (exact) mass is 216 g/mol. The van der Waals surface area contributed by atoms with Crippen LogP contribution in [0.25, 0.3) is 0 Å². The molecule has 0 atom stereocenters. The number of rotatable bonds is 3. The molecule has 4 nitrogen and oxygen atoms in total. The SMILES string of the molecule is N#CC1(CNc2ccc3c(c2)OCO3)CC1. The topological polar surface area (TPSA) is 54.3 Å². The van der Waals surface area contributed by atoms with Gasteiger partial charge in [-0.05, 0) is 25.0 Å². The number of hydrogen-bond acceptors (Lipinski definition) is 4. The van der Waals surface area contributed by atoms with E-state index >= 15 is 0 Å². The van der Waals surface area contributed by atoms with Crippen molar-refractivity contribution in [2.75, 3.05) is 18.7 Å². The molecule has 1 heterocycles. The van der Waals surface area contributed by atoms with Gasteiger partial charge >= 0.3 is 0 Å². The molecule has 0 radical (unpaired) electrons. The zero-order chi connectivity index (χ0) is 11.0. The molecule has 1 aromatic carbocycles. The number of anilines is 1. The van der Waals surface area contributed by atoms with Gasteiger partial charge in [0, 0.05) is 18.3 Å². The standard InChI is InChI=1S/C12H12N2O2/c13-6-12(3-4-12)7-14-9-1-2-10-11(5-9)16-8-15-10/h1-2,5,14H,3-4,7-8H2. The first-order chi connectivity index (χ1) is 7.81. The molecule has 1 aliphatic heterocycles. The maximum absolute atomic E-state index is 8.95. The van der Waals surface area contributed by atoms with E-state index in [1.807, 2.05) is 18.2 Å². The van der Waals surface area contributed by atoms with E-state index in [0.29, 0.717) is 13.3 Å². The molecule has 0 aromatic heterocycles. The van der Waals surface area contributed by atoms with Crippen LogP contribution < -0.4 is 14.8 Å². The Morgan fingerprint density at radius 1 is 1.31 bits per heavy atom. The summed E-state index contributed by atoms with van der Waals surface area (Å²) in [5, 5.41) is 12.2. The summed E-state index contributed by atoms with van der Waals surface area (Å²) in [7, 11) is 0. The van der Waals surface area contributed by atoms with Crippen LogP contribution in [0.4, 0.5) is 5.69 Å². The summed E-state index contributed by atoms with van der Waals surface area (Å²) in [4.78, 5) is 0. The highest BCUT2D eigenvalue weighted by Gasteiger charge is 2.42. The summed E-state index contributed by atoms with van der Waals surface area (Å²) < 4.78 is 10.5. The molecule has 0 spiro atoms. The van der Waals surface area contributed by atoms with E-state index in [4.69, 9.17) is 14.7 Å². The van der Waals surface area contributed by atoms with Crippen LogP contribution in [0, 0.1) is 16.7 Å². The fraction of sp³-hybridized carbons (Fsp3) is 0.417. The molecular formula is C12H12N2O2. The minimum Gasteiger partial charge on any atom is -0.454 e. The molecule has 16 heavy (non-hydrogen) atoms. The Hall–Kier alpha value is -1.89. The molecule has 0 bridgehead atoms. The zero-order valence-electron chi connectivity index (χ0n) is 8.82. The van der Waals surface area contributed by atoms with Crippen LogP contribution in [0.1, 0.15) is 12.8 Å². The largest absolute Gasteiger partial charge is 0.454 e. The second kappa shape index (κ2) is 3.31. The first-order valence-electron chi connectivity index (χ1n) is 5.36. The van der Waals surface area contributed by atoms with E-state index in [9.17, 15) is 0 Å². The lowest BCUT2D eigenvalue weighted by molar-refractivity contribution is 0.174. The van der Waals surface area contributed by atoms with Gasteiger partial charge in [0.25, 0.3) is 0 Å². The van der Waals surface area contributed by atoms with Gasteiger partial charge in [0.05, 0.1) is 11.5 Å². The molecule has 1 aromatic rings. The summed E-state index contributed by atoms with van der Waals surface area (Å²) in [5.74, 6) is 1.55. The Balaban J connectivity index is 1.69. The van der Waals surface area contributed by atoms with Crippen LogP contribution in [0.5, 0.6) is 11.5 Å². The van der Waals surface area contributed by atoms with E-state index in [1.165, 1.54) is 0 Å². The third kappa shape index (κ3) is 1.54. The van der Waals surface area contributed by atoms with Gasteiger partial charge in [-0.3, -0.25) is 0 Å². The van der Waals surface area contributed by atoms with Crippen LogP contribution in [0.3, 0.4) is 0 Å². The minimum absolute atomic E-state index is 0.129. The van der Waals surface area contributed by atoms with Crippen molar-refractivity contribution in [1.29, 1.82) is 5.26 Å². The minimum atomic E-state index is -0.129. The number of hydrogen-bond donors (Lipinski definition) is 1. The molecule has 3 rings (SSSR count). The Morgan fingerprint density at radius 3 is 2.88 bits per heavy atom. The lowest BCUT2D eigenvalue weighted by Crippen LogP contribution is -2.13. The number of ether oxygens (including phenoxy) is 2. The van der Waals surface area contributed by atoms with Gasteiger partial charge in [-0.2, -0.15) is 5.26 Å². The summed E-state index contributed by atoms with van der Waals surface area (Å²) >= 11 is 0. The first-order valence-corrected chi connectivity index (χ1v) is 5.36. The molecule has 2 aliphatic rings. The fourth-order valence-corrected chi connectivity index (χ4v) is 1.76. The third-order valence-electron chi connectivity index (χ3n) is 3.09. The maximum atomic E-state index is 8.95. The van der Waals surface area contributed by atoms with Gasteiger partial charge in [0.2, 0.25) is 6.79 Å². The van der Waals surface area contributed by atoms with Crippen molar-refractivity contribution in [3.8, 4) is 17.6 Å². The van der Waals surface area contributed by atoms with Crippen LogP contribution in [-0.2, 0) is 0 Å². The second-order valence-corrected chi connectivity index (χ2v) is 4.31. The van der Waals surface area contributed by atoms with Crippen molar-refractivity contribution >= 4 is 5.69 Å². The number of nitrogens with one attached hydrogen (secondary N) is 1. The number of nitrogens with zero attached hydrogens (tertiary/aromatic N) is 1. The molecule has 0 amide bonds. The Morgan fingerprint density at radius 2 is 2.12 bits per heavy atom. The second-order valence-electron chi connectivity index (χ2n) is 4.31. The highest BCUT2D eigenvalue weighted by molar-refractivity contribution is 5.55. The Bertz CT molecular complexity index is 461. The Kier molecular flexibility index (Phi) is 1.93. The molecule has 82 valence electrons. The first kappa shape index (κ1) is 9.34. The summed E-state index contributed by atoms with van der Waals surface area (Å²) in [6.45, 7) is 1.00. The van der Waals surface area contributed by atoms with Crippen LogP contribution >= 0.6 is 0 Å². The Labute approximate surface area is 93.8 Å². The van der Waals surface area contributed by atoms with Crippen molar-refractivity contribution in [3.05, 3.63) is 18.2 Å². The quantitative estimate of drug-likeness (QED) is 0.840. The fourth-order valence-electron chi connectivity index (χ4n) is 1.76. The van der Waals surface area contributed by atoms with Crippen molar-refractivity contribution in [2.45, 2.75) is 12.8 Å². The molecule has 4 heteroatoms. The van der Waals surface area contributed by atoms with Gasteiger partial charge in [0.15, 0.2) is 11.5 Å². The summed E-state index contributed by atoms with van der Waals surface area (Å²) in [5.41, 5.74) is 0.849. The van der Waals surface area contributed by atoms with E-state index in [-0.39, 0.29) is 5.41 Å². The summed E-state index contributed by atoms with van der Waals surface area (Å²) in [6.07, 6.45) is 2.00. The highest BCUT2D eigenvalue weighted by atomic mass is 16.7. The van der Waals surface area contributed by atoms with E-state index in [0.717, 1.165) is 30.0 Å². The highest BCUT2D eigenvalue weighted by Crippen LogP contribution is 2.45. The predicted octanol–water partition coefficient (Wildman–Crippen LogP) is 2.13. The van der Waals surface area contributed by atoms with Gasteiger partial charge in [-0.1, -0.05) is 0 Å². The van der Waals surface area contributed by atoms with Crippen LogP contribution in [-0.4, -0.2) is 13.3 Å². The predicted molar refractivity (Wildman–Crippen MR) is 58.3 cm³/mol. The van der Waals surface area contributed by atoms with E-state index in [2.05, 4.69) is 11.4 Å². The third-order valence-corrected chi connectivity index (χ3v) is 3.09. The molecular weight excluding hydrogens is 204 g/mol. The van der Waals surface area contributed by atoms with Gasteiger partial charge in [-0.25, -0.2) is 0 Å². The number of fused-ring (bicyclic) bond motifs is 1. The van der Waals surface area contributed by atoms with E-state index < -0.39 is 0 Å². The van der Waals surface area contributed by atoms with Crippen molar-refractivity contribution in [3.63, 3.8) is 0 Å². The molecule has 0 unspecified atom stereocenters. The lowest BCUT2D eigenvalue weighted by Gasteiger charge is -2.09. The lowest BCUT2D eigenvalue weighted by atomic mass is 10.1. The molecule has 1 N–H and O–H groups in total. The normalized spacial score (nSPS) is 18.9. The average Bonchev–Trinajstić information content (AvgIpc) is 2.96. The molecule has 1 aliphatic carbocycles. The zero-order valence-corrected chi connectivity index (χ0v) is 8.82. The number of benzene rings is 1. The average molecular weight is 216 g/mol. The maximum Gasteiger partial charge on any atom is 0.231 e.